The zero-order chi connectivity index (χ0) is 27.0. The van der Waals surface area contributed by atoms with Crippen LogP contribution in [-0.2, 0) is 4.79 Å². The molecule has 3 N–H and O–H groups in total. The maximum Gasteiger partial charge on any atom is 0.256 e. The van der Waals surface area contributed by atoms with E-state index in [2.05, 4.69) is 20.9 Å². The molecule has 1 aliphatic rings. The lowest BCUT2D eigenvalue weighted by Gasteiger charge is -2.27. The molecule has 1 heterocycles. The summed E-state index contributed by atoms with van der Waals surface area (Å²) in [6, 6.07) is 35.3. The predicted octanol–water partition coefficient (Wildman–Crippen LogP) is 5.97. The topological polar surface area (TPSA) is 73.5 Å². The Balaban J connectivity index is 1.21. The average molecular weight is 519 g/mol. The fourth-order valence-electron chi connectivity index (χ4n) is 5.21. The second-order valence-corrected chi connectivity index (χ2v) is 9.78. The Morgan fingerprint density at radius 3 is 2.18 bits per heavy atom. The molecule has 1 saturated heterocycles. The molecular weight excluding hydrogens is 484 g/mol. The zero-order valence-electron chi connectivity index (χ0n) is 22.1. The first-order chi connectivity index (χ1) is 19.1. The number of likely N-dealkylation sites (tertiary alicyclic amines) is 1. The molecule has 0 bridgehead atoms. The number of likely N-dealkylation sites (N-methyl/N-ethyl adjacent to an activating group) is 1. The van der Waals surface area contributed by atoms with Crippen LogP contribution in [0.5, 0.6) is 0 Å². The van der Waals surface area contributed by atoms with Gasteiger partial charge in [0.1, 0.15) is 6.04 Å². The number of nitrogens with zero attached hydrogens (tertiary/aromatic N) is 1. The molecule has 0 saturated carbocycles. The Hall–Kier alpha value is -4.42. The van der Waals surface area contributed by atoms with Crippen molar-refractivity contribution in [2.75, 3.05) is 30.3 Å². The molecule has 2 unspecified atom stereocenters. The summed E-state index contributed by atoms with van der Waals surface area (Å²) in [7, 11) is 0. The van der Waals surface area contributed by atoms with Gasteiger partial charge < -0.3 is 16.0 Å². The summed E-state index contributed by atoms with van der Waals surface area (Å²) in [5.41, 5.74) is 5.28. The SMILES string of the molecule is CCNC(=O)C(c1ccccc1)N1CCC(Nc2ccc(NC(=O)c3ccccc3-c3ccccc3)cc2)C1. The molecule has 4 aromatic carbocycles. The number of hydrogen-bond acceptors (Lipinski definition) is 4. The van der Waals surface area contributed by atoms with E-state index < -0.39 is 0 Å². The van der Waals surface area contributed by atoms with Crippen LogP contribution in [0, 0.1) is 0 Å². The summed E-state index contributed by atoms with van der Waals surface area (Å²) >= 11 is 0. The highest BCUT2D eigenvalue weighted by Gasteiger charge is 2.33. The number of nitrogens with one attached hydrogen (secondary N) is 3. The molecule has 6 heteroatoms. The van der Waals surface area contributed by atoms with Crippen molar-refractivity contribution < 1.29 is 9.59 Å². The van der Waals surface area contributed by atoms with E-state index in [1.807, 2.05) is 116 Å². The van der Waals surface area contributed by atoms with Gasteiger partial charge in [-0.15, -0.1) is 0 Å². The van der Waals surface area contributed by atoms with E-state index in [4.69, 9.17) is 0 Å². The van der Waals surface area contributed by atoms with Crippen LogP contribution < -0.4 is 16.0 Å². The Morgan fingerprint density at radius 2 is 1.46 bits per heavy atom. The first-order valence-corrected chi connectivity index (χ1v) is 13.5. The van der Waals surface area contributed by atoms with Crippen LogP contribution in [0.1, 0.15) is 35.3 Å². The summed E-state index contributed by atoms with van der Waals surface area (Å²) in [6.07, 6.45) is 0.942. The van der Waals surface area contributed by atoms with Gasteiger partial charge >= 0.3 is 0 Å². The van der Waals surface area contributed by atoms with E-state index in [1.165, 1.54) is 0 Å². The van der Waals surface area contributed by atoms with Crippen LogP contribution in [0.25, 0.3) is 11.1 Å². The summed E-state index contributed by atoms with van der Waals surface area (Å²) in [5, 5.41) is 9.64. The Kier molecular flexibility index (Phi) is 8.34. The molecule has 1 aliphatic heterocycles. The van der Waals surface area contributed by atoms with E-state index in [0.29, 0.717) is 12.1 Å². The van der Waals surface area contributed by atoms with Crippen molar-refractivity contribution >= 4 is 23.2 Å². The minimum atomic E-state index is -0.297. The van der Waals surface area contributed by atoms with Crippen LogP contribution in [-0.4, -0.2) is 42.4 Å². The normalized spacial score (nSPS) is 15.9. The Labute approximate surface area is 230 Å². The van der Waals surface area contributed by atoms with Crippen LogP contribution in [0.2, 0.25) is 0 Å². The van der Waals surface area contributed by atoms with Gasteiger partial charge in [0.05, 0.1) is 0 Å². The van der Waals surface area contributed by atoms with Crippen molar-refractivity contribution in [1.82, 2.24) is 10.2 Å². The fourth-order valence-corrected chi connectivity index (χ4v) is 5.21. The van der Waals surface area contributed by atoms with Gasteiger partial charge in [0.15, 0.2) is 0 Å². The molecule has 2 atom stereocenters. The van der Waals surface area contributed by atoms with Crippen molar-refractivity contribution in [3.8, 4) is 11.1 Å². The van der Waals surface area contributed by atoms with E-state index >= 15 is 0 Å². The number of carbonyl (C=O) groups is 2. The van der Waals surface area contributed by atoms with Crippen LogP contribution in [0.4, 0.5) is 11.4 Å². The quantitative estimate of drug-likeness (QED) is 0.255. The largest absolute Gasteiger partial charge is 0.381 e. The highest BCUT2D eigenvalue weighted by molar-refractivity contribution is 6.08. The van der Waals surface area contributed by atoms with Crippen LogP contribution >= 0.6 is 0 Å². The number of carbonyl (C=O) groups excluding carboxylic acids is 2. The smallest absolute Gasteiger partial charge is 0.256 e. The van der Waals surface area contributed by atoms with Crippen molar-refractivity contribution in [2.24, 2.45) is 0 Å². The molecule has 0 aliphatic carbocycles. The van der Waals surface area contributed by atoms with Gasteiger partial charge in [0.25, 0.3) is 5.91 Å². The second kappa shape index (κ2) is 12.4. The minimum absolute atomic E-state index is 0.0401. The first kappa shape index (κ1) is 26.2. The first-order valence-electron chi connectivity index (χ1n) is 13.5. The molecule has 4 aromatic rings. The maximum absolute atomic E-state index is 13.1. The highest BCUT2D eigenvalue weighted by atomic mass is 16.2. The van der Waals surface area contributed by atoms with E-state index in [1.54, 1.807) is 0 Å². The highest BCUT2D eigenvalue weighted by Crippen LogP contribution is 2.28. The van der Waals surface area contributed by atoms with Gasteiger partial charge in [-0.25, -0.2) is 0 Å². The molecule has 0 spiro atoms. The lowest BCUT2D eigenvalue weighted by molar-refractivity contribution is -0.126. The zero-order valence-corrected chi connectivity index (χ0v) is 22.1. The number of amides is 2. The monoisotopic (exact) mass is 518 g/mol. The van der Waals surface area contributed by atoms with Gasteiger partial charge in [-0.2, -0.15) is 0 Å². The van der Waals surface area contributed by atoms with Gasteiger partial charge in [-0.05, 0) is 60.4 Å². The van der Waals surface area contributed by atoms with E-state index in [9.17, 15) is 9.59 Å². The van der Waals surface area contributed by atoms with Crippen molar-refractivity contribution in [1.29, 1.82) is 0 Å². The van der Waals surface area contributed by atoms with Gasteiger partial charge in [-0.1, -0.05) is 78.9 Å². The number of anilines is 2. The van der Waals surface area contributed by atoms with E-state index in [-0.39, 0.29) is 23.9 Å². The van der Waals surface area contributed by atoms with Crippen LogP contribution in [0.3, 0.4) is 0 Å². The fraction of sp³-hybridized carbons (Fsp3) is 0.212. The molecule has 0 radical (unpaired) electrons. The molecule has 5 rings (SSSR count). The van der Waals surface area contributed by atoms with Gasteiger partial charge in [0, 0.05) is 42.6 Å². The minimum Gasteiger partial charge on any atom is -0.381 e. The lowest BCUT2D eigenvalue weighted by atomic mass is 9.99. The lowest BCUT2D eigenvalue weighted by Crippen LogP contribution is -2.40. The molecular formula is C33H34N4O2. The van der Waals surface area contributed by atoms with Crippen molar-refractivity contribution in [2.45, 2.75) is 25.4 Å². The second-order valence-electron chi connectivity index (χ2n) is 9.78. The third-order valence-corrected chi connectivity index (χ3v) is 7.07. The summed E-state index contributed by atoms with van der Waals surface area (Å²) in [4.78, 5) is 28.3. The molecule has 0 aromatic heterocycles. The van der Waals surface area contributed by atoms with Crippen molar-refractivity contribution in [3.63, 3.8) is 0 Å². The molecule has 198 valence electrons. The summed E-state index contributed by atoms with van der Waals surface area (Å²) in [5.74, 6) is -0.0998. The van der Waals surface area contributed by atoms with Crippen molar-refractivity contribution in [3.05, 3.63) is 120 Å². The number of hydrogen-bond donors (Lipinski definition) is 3. The predicted molar refractivity (Wildman–Crippen MR) is 158 cm³/mol. The number of rotatable bonds is 9. The Bertz CT molecular complexity index is 1390. The van der Waals surface area contributed by atoms with Crippen LogP contribution in [0.15, 0.2) is 109 Å². The third kappa shape index (κ3) is 6.36. The molecule has 1 fully saturated rings. The molecule has 6 nitrogen and oxygen atoms in total. The third-order valence-electron chi connectivity index (χ3n) is 7.07. The standard InChI is InChI=1S/C33H34N4O2/c1-2-34-33(39)31(25-13-7-4-8-14-25)37-22-21-28(23-37)35-26-17-19-27(20-18-26)36-32(38)30-16-10-9-15-29(30)24-11-5-3-6-12-24/h3-20,28,31,35H,2,21-23H2,1H3,(H,34,39)(H,36,38). The molecule has 39 heavy (non-hydrogen) atoms. The Morgan fingerprint density at radius 1 is 0.821 bits per heavy atom. The summed E-state index contributed by atoms with van der Waals surface area (Å²) < 4.78 is 0. The maximum atomic E-state index is 13.1. The number of benzene rings is 4. The summed E-state index contributed by atoms with van der Waals surface area (Å²) in [6.45, 7) is 4.16. The van der Waals surface area contributed by atoms with Gasteiger partial charge in [-0.3, -0.25) is 14.5 Å². The van der Waals surface area contributed by atoms with Gasteiger partial charge in [0.2, 0.25) is 5.91 Å². The average Bonchev–Trinajstić information content (AvgIpc) is 3.43. The molecule has 2 amide bonds. The van der Waals surface area contributed by atoms with E-state index in [0.717, 1.165) is 47.6 Å².